The molecule has 2 atom stereocenters. The number of nitrogens with one attached hydrogen (secondary N) is 2. The zero-order valence-corrected chi connectivity index (χ0v) is 13.8. The van der Waals surface area contributed by atoms with Crippen LogP contribution in [-0.4, -0.2) is 37.6 Å². The van der Waals surface area contributed by atoms with Crippen LogP contribution in [0.15, 0.2) is 18.5 Å². The monoisotopic (exact) mass is 304 g/mol. The normalized spacial score (nSPS) is 13.9. The van der Waals surface area contributed by atoms with E-state index in [-0.39, 0.29) is 18.0 Å². The smallest absolute Gasteiger partial charge is 0.241 e. The molecule has 0 saturated carbocycles. The van der Waals surface area contributed by atoms with Gasteiger partial charge in [0, 0.05) is 25.5 Å². The molecule has 0 unspecified atom stereocenters. The summed E-state index contributed by atoms with van der Waals surface area (Å²) in [5, 5.41) is 14.7. The Morgan fingerprint density at radius 1 is 1.36 bits per heavy atom. The molecular weight excluding hydrogens is 280 g/mol. The minimum atomic E-state index is -0.301. The van der Waals surface area contributed by atoms with Crippen molar-refractivity contribution in [2.75, 3.05) is 5.32 Å². The highest BCUT2D eigenvalue weighted by Gasteiger charge is 2.19. The SMILES string of the molecule is Cc1nn(C)c(C)c1NC(=O)[C@H](C)N[C@H](C)Cn1cccn1. The van der Waals surface area contributed by atoms with Crippen molar-refractivity contribution in [2.24, 2.45) is 7.05 Å². The van der Waals surface area contributed by atoms with Crippen LogP contribution in [0.3, 0.4) is 0 Å². The number of aromatic nitrogens is 4. The number of carbonyl (C=O) groups is 1. The van der Waals surface area contributed by atoms with E-state index in [0.717, 1.165) is 23.6 Å². The second kappa shape index (κ2) is 6.74. The molecule has 0 aliphatic rings. The number of rotatable bonds is 6. The van der Waals surface area contributed by atoms with Crippen LogP contribution in [0.1, 0.15) is 25.2 Å². The Balaban J connectivity index is 1.91. The first-order chi connectivity index (χ1) is 10.4. The van der Waals surface area contributed by atoms with E-state index in [1.807, 2.05) is 51.7 Å². The van der Waals surface area contributed by atoms with Gasteiger partial charge >= 0.3 is 0 Å². The van der Waals surface area contributed by atoms with Crippen LogP contribution in [0.2, 0.25) is 0 Å². The van der Waals surface area contributed by atoms with Crippen LogP contribution < -0.4 is 10.6 Å². The molecular formula is C15H24N6O. The van der Waals surface area contributed by atoms with Crippen molar-refractivity contribution in [3.8, 4) is 0 Å². The fourth-order valence-corrected chi connectivity index (χ4v) is 2.43. The van der Waals surface area contributed by atoms with Gasteiger partial charge in [0.1, 0.15) is 0 Å². The summed E-state index contributed by atoms with van der Waals surface area (Å²) in [6, 6.07) is 1.72. The van der Waals surface area contributed by atoms with E-state index in [0.29, 0.717) is 0 Å². The maximum absolute atomic E-state index is 12.3. The molecule has 0 aliphatic carbocycles. The Morgan fingerprint density at radius 2 is 2.09 bits per heavy atom. The Kier molecular flexibility index (Phi) is 4.97. The van der Waals surface area contributed by atoms with E-state index in [1.165, 1.54) is 0 Å². The highest BCUT2D eigenvalue weighted by molar-refractivity contribution is 5.95. The Morgan fingerprint density at radius 3 is 2.64 bits per heavy atom. The van der Waals surface area contributed by atoms with Crippen molar-refractivity contribution >= 4 is 11.6 Å². The van der Waals surface area contributed by atoms with Crippen molar-refractivity contribution in [2.45, 2.75) is 46.3 Å². The zero-order valence-electron chi connectivity index (χ0n) is 13.8. The first-order valence-corrected chi connectivity index (χ1v) is 7.43. The fourth-order valence-electron chi connectivity index (χ4n) is 2.43. The summed E-state index contributed by atoms with van der Waals surface area (Å²) in [7, 11) is 1.87. The van der Waals surface area contributed by atoms with Gasteiger partial charge in [0.15, 0.2) is 0 Å². The van der Waals surface area contributed by atoms with Crippen molar-refractivity contribution in [3.05, 3.63) is 29.8 Å². The third-order valence-corrected chi connectivity index (χ3v) is 3.71. The molecule has 0 radical (unpaired) electrons. The van der Waals surface area contributed by atoms with Gasteiger partial charge in [-0.1, -0.05) is 0 Å². The lowest BCUT2D eigenvalue weighted by molar-refractivity contribution is -0.118. The van der Waals surface area contributed by atoms with Gasteiger partial charge in [0.25, 0.3) is 0 Å². The summed E-state index contributed by atoms with van der Waals surface area (Å²) in [6.07, 6.45) is 3.65. The van der Waals surface area contributed by atoms with Crippen LogP contribution in [-0.2, 0) is 18.4 Å². The molecule has 2 aromatic rings. The largest absolute Gasteiger partial charge is 0.322 e. The predicted octanol–water partition coefficient (Wildman–Crippen LogP) is 1.24. The van der Waals surface area contributed by atoms with E-state index in [9.17, 15) is 4.79 Å². The minimum absolute atomic E-state index is 0.0634. The quantitative estimate of drug-likeness (QED) is 0.842. The first-order valence-electron chi connectivity index (χ1n) is 7.43. The number of aryl methyl sites for hydroxylation is 2. The van der Waals surface area contributed by atoms with Gasteiger partial charge in [-0.15, -0.1) is 0 Å². The molecule has 7 heteroatoms. The van der Waals surface area contributed by atoms with Crippen LogP contribution in [0.25, 0.3) is 0 Å². The number of hydrogen-bond acceptors (Lipinski definition) is 4. The third kappa shape index (κ3) is 3.73. The van der Waals surface area contributed by atoms with Crippen LogP contribution in [0.5, 0.6) is 0 Å². The average molecular weight is 304 g/mol. The molecule has 2 N–H and O–H groups in total. The molecule has 0 saturated heterocycles. The van der Waals surface area contributed by atoms with E-state index >= 15 is 0 Å². The lowest BCUT2D eigenvalue weighted by Crippen LogP contribution is -2.44. The van der Waals surface area contributed by atoms with Gasteiger partial charge in [0.2, 0.25) is 5.91 Å². The van der Waals surface area contributed by atoms with Crippen molar-refractivity contribution in [1.29, 1.82) is 0 Å². The minimum Gasteiger partial charge on any atom is -0.322 e. The van der Waals surface area contributed by atoms with Gasteiger partial charge in [-0.05, 0) is 33.8 Å². The zero-order chi connectivity index (χ0) is 16.3. The second-order valence-corrected chi connectivity index (χ2v) is 5.68. The van der Waals surface area contributed by atoms with Gasteiger partial charge in [-0.25, -0.2) is 0 Å². The van der Waals surface area contributed by atoms with E-state index in [2.05, 4.69) is 20.8 Å². The number of nitrogens with zero attached hydrogens (tertiary/aromatic N) is 4. The van der Waals surface area contributed by atoms with Crippen LogP contribution in [0, 0.1) is 13.8 Å². The summed E-state index contributed by atoms with van der Waals surface area (Å²) in [6.45, 7) is 8.44. The molecule has 120 valence electrons. The fraction of sp³-hybridized carbons (Fsp3) is 0.533. The first kappa shape index (κ1) is 16.2. The van der Waals surface area contributed by atoms with Gasteiger partial charge in [-0.2, -0.15) is 10.2 Å². The molecule has 1 amide bonds. The Hall–Kier alpha value is -2.15. The Labute approximate surface area is 130 Å². The molecule has 0 aliphatic heterocycles. The standard InChI is InChI=1S/C15H24N6O/c1-10(9-21-8-6-7-16-21)17-12(3)15(22)18-14-11(2)19-20(5)13(14)4/h6-8,10,12,17H,9H2,1-5H3,(H,18,22)/t10-,12+/m1/s1. The highest BCUT2D eigenvalue weighted by Crippen LogP contribution is 2.18. The van der Waals surface area contributed by atoms with E-state index in [1.54, 1.807) is 10.9 Å². The van der Waals surface area contributed by atoms with E-state index < -0.39 is 0 Å². The molecule has 7 nitrogen and oxygen atoms in total. The molecule has 0 spiro atoms. The molecule has 0 aromatic carbocycles. The molecule has 2 rings (SSSR count). The number of amides is 1. The van der Waals surface area contributed by atoms with Crippen molar-refractivity contribution < 1.29 is 4.79 Å². The number of hydrogen-bond donors (Lipinski definition) is 2. The second-order valence-electron chi connectivity index (χ2n) is 5.68. The molecule has 2 aromatic heterocycles. The van der Waals surface area contributed by atoms with Crippen LogP contribution >= 0.6 is 0 Å². The number of anilines is 1. The third-order valence-electron chi connectivity index (χ3n) is 3.71. The summed E-state index contributed by atoms with van der Waals surface area (Å²) in [5.41, 5.74) is 2.56. The molecule has 22 heavy (non-hydrogen) atoms. The maximum Gasteiger partial charge on any atom is 0.241 e. The maximum atomic E-state index is 12.3. The topological polar surface area (TPSA) is 76.8 Å². The predicted molar refractivity (Wildman–Crippen MR) is 85.6 cm³/mol. The van der Waals surface area contributed by atoms with Gasteiger partial charge in [0.05, 0.1) is 29.7 Å². The van der Waals surface area contributed by atoms with Crippen molar-refractivity contribution in [3.63, 3.8) is 0 Å². The molecule has 2 heterocycles. The van der Waals surface area contributed by atoms with E-state index in [4.69, 9.17) is 0 Å². The summed E-state index contributed by atoms with van der Waals surface area (Å²) in [4.78, 5) is 12.3. The van der Waals surface area contributed by atoms with Gasteiger partial charge in [-0.3, -0.25) is 14.2 Å². The summed E-state index contributed by atoms with van der Waals surface area (Å²) < 4.78 is 3.61. The highest BCUT2D eigenvalue weighted by atomic mass is 16.2. The lowest BCUT2D eigenvalue weighted by atomic mass is 10.2. The average Bonchev–Trinajstić information content (AvgIpc) is 3.02. The molecule has 0 bridgehead atoms. The van der Waals surface area contributed by atoms with Gasteiger partial charge < -0.3 is 10.6 Å². The lowest BCUT2D eigenvalue weighted by Gasteiger charge is -2.19. The Bertz CT molecular complexity index is 631. The van der Waals surface area contributed by atoms with Crippen LogP contribution in [0.4, 0.5) is 5.69 Å². The number of carbonyl (C=O) groups excluding carboxylic acids is 1. The molecule has 0 fully saturated rings. The summed E-state index contributed by atoms with van der Waals surface area (Å²) >= 11 is 0. The van der Waals surface area contributed by atoms with Crippen molar-refractivity contribution in [1.82, 2.24) is 24.9 Å². The summed E-state index contributed by atoms with van der Waals surface area (Å²) in [5.74, 6) is -0.0634.